The summed E-state index contributed by atoms with van der Waals surface area (Å²) in [5.41, 5.74) is 0.731. The zero-order valence-electron chi connectivity index (χ0n) is 13.4. The lowest BCUT2D eigenvalue weighted by molar-refractivity contribution is -0.127. The maximum Gasteiger partial charge on any atom is 0.227 e. The molecule has 0 bridgehead atoms. The normalized spacial score (nSPS) is 24.6. The highest BCUT2D eigenvalue weighted by atomic mass is 16.5. The van der Waals surface area contributed by atoms with Crippen LogP contribution < -0.4 is 20.3 Å². The molecular weight excluding hydrogens is 294 g/mol. The number of carbonyl (C=O) groups excluding carboxylic acids is 2. The Kier molecular flexibility index (Phi) is 4.81. The van der Waals surface area contributed by atoms with Crippen molar-refractivity contribution in [2.24, 2.45) is 5.92 Å². The Morgan fingerprint density at radius 2 is 2.22 bits per heavy atom. The molecule has 2 heterocycles. The van der Waals surface area contributed by atoms with Crippen LogP contribution in [0.1, 0.15) is 19.3 Å². The zero-order chi connectivity index (χ0) is 16.2. The van der Waals surface area contributed by atoms with E-state index in [9.17, 15) is 9.59 Å². The minimum Gasteiger partial charge on any atom is -0.495 e. The van der Waals surface area contributed by atoms with Crippen LogP contribution in [0, 0.1) is 5.92 Å². The summed E-state index contributed by atoms with van der Waals surface area (Å²) < 4.78 is 5.32. The fourth-order valence-corrected chi connectivity index (χ4v) is 3.26. The summed E-state index contributed by atoms with van der Waals surface area (Å²) in [5.74, 6) is 0.300. The van der Waals surface area contributed by atoms with Crippen molar-refractivity contribution in [3.63, 3.8) is 0 Å². The van der Waals surface area contributed by atoms with E-state index in [1.54, 1.807) is 12.0 Å². The van der Waals surface area contributed by atoms with Crippen LogP contribution in [0.2, 0.25) is 0 Å². The van der Waals surface area contributed by atoms with Crippen LogP contribution in [0.5, 0.6) is 5.75 Å². The van der Waals surface area contributed by atoms with Crippen LogP contribution in [0.15, 0.2) is 24.3 Å². The summed E-state index contributed by atoms with van der Waals surface area (Å²) in [6.07, 6.45) is 2.32. The Labute approximate surface area is 136 Å². The summed E-state index contributed by atoms with van der Waals surface area (Å²) in [6.45, 7) is 2.23. The number of carbonyl (C=O) groups is 2. The van der Waals surface area contributed by atoms with Crippen LogP contribution in [-0.4, -0.2) is 44.6 Å². The summed E-state index contributed by atoms with van der Waals surface area (Å²) in [4.78, 5) is 26.4. The molecule has 0 spiro atoms. The molecule has 2 fully saturated rings. The number of hydrogen-bond acceptors (Lipinski definition) is 4. The van der Waals surface area contributed by atoms with Crippen molar-refractivity contribution in [2.45, 2.75) is 25.3 Å². The van der Waals surface area contributed by atoms with Crippen LogP contribution in [0.4, 0.5) is 5.69 Å². The molecule has 3 rings (SSSR count). The fourth-order valence-electron chi connectivity index (χ4n) is 3.26. The number of benzene rings is 1. The maximum atomic E-state index is 12.4. The largest absolute Gasteiger partial charge is 0.495 e. The first kappa shape index (κ1) is 15.8. The predicted molar refractivity (Wildman–Crippen MR) is 87.5 cm³/mol. The molecule has 2 amide bonds. The van der Waals surface area contributed by atoms with Crippen molar-refractivity contribution in [3.05, 3.63) is 24.3 Å². The molecule has 2 aliphatic rings. The number of piperidine rings is 1. The molecule has 124 valence electrons. The molecule has 0 saturated carbocycles. The summed E-state index contributed by atoms with van der Waals surface area (Å²) in [5, 5.41) is 6.35. The van der Waals surface area contributed by atoms with Crippen molar-refractivity contribution < 1.29 is 14.3 Å². The number of nitrogens with zero attached hydrogens (tertiary/aromatic N) is 1. The Hall–Kier alpha value is -2.08. The van der Waals surface area contributed by atoms with Crippen LogP contribution >= 0.6 is 0 Å². The lowest BCUT2D eigenvalue weighted by Crippen LogP contribution is -2.47. The van der Waals surface area contributed by atoms with Gasteiger partial charge in [-0.1, -0.05) is 12.1 Å². The van der Waals surface area contributed by atoms with Gasteiger partial charge in [0.05, 0.1) is 18.7 Å². The van der Waals surface area contributed by atoms with Gasteiger partial charge in [-0.2, -0.15) is 0 Å². The second-order valence-electron chi connectivity index (χ2n) is 6.13. The molecule has 23 heavy (non-hydrogen) atoms. The number of ether oxygens (including phenoxy) is 1. The third-order valence-electron chi connectivity index (χ3n) is 4.52. The average molecular weight is 317 g/mol. The van der Waals surface area contributed by atoms with Gasteiger partial charge in [0.25, 0.3) is 0 Å². The molecule has 2 atom stereocenters. The highest BCUT2D eigenvalue weighted by Crippen LogP contribution is 2.32. The molecule has 6 nitrogen and oxygen atoms in total. The van der Waals surface area contributed by atoms with Gasteiger partial charge in [0.2, 0.25) is 11.8 Å². The van der Waals surface area contributed by atoms with Crippen LogP contribution in [0.3, 0.4) is 0 Å². The van der Waals surface area contributed by atoms with E-state index < -0.39 is 0 Å². The summed E-state index contributed by atoms with van der Waals surface area (Å²) >= 11 is 0. The lowest BCUT2D eigenvalue weighted by atomic mass is 10.0. The summed E-state index contributed by atoms with van der Waals surface area (Å²) in [6, 6.07) is 7.58. The second-order valence-corrected chi connectivity index (χ2v) is 6.13. The van der Waals surface area contributed by atoms with Gasteiger partial charge in [0, 0.05) is 25.6 Å². The van der Waals surface area contributed by atoms with E-state index in [1.165, 1.54) is 0 Å². The van der Waals surface area contributed by atoms with Crippen molar-refractivity contribution in [1.29, 1.82) is 0 Å². The van der Waals surface area contributed by atoms with Crippen molar-refractivity contribution in [1.82, 2.24) is 10.6 Å². The monoisotopic (exact) mass is 317 g/mol. The molecule has 0 aromatic heterocycles. The van der Waals surface area contributed by atoms with E-state index in [0.717, 1.165) is 31.6 Å². The van der Waals surface area contributed by atoms with E-state index in [2.05, 4.69) is 10.6 Å². The smallest absolute Gasteiger partial charge is 0.227 e. The SMILES string of the molecule is COc1ccccc1N1CC(C(=O)N[C@H]2CCCNC2)CC1=O. The Bertz CT molecular complexity index is 584. The van der Waals surface area contributed by atoms with Gasteiger partial charge in [0.1, 0.15) is 5.75 Å². The molecule has 1 unspecified atom stereocenters. The molecule has 1 aromatic carbocycles. The van der Waals surface area contributed by atoms with E-state index >= 15 is 0 Å². The first-order chi connectivity index (χ1) is 11.2. The van der Waals surface area contributed by atoms with E-state index in [4.69, 9.17) is 4.74 Å². The van der Waals surface area contributed by atoms with Gasteiger partial charge in [-0.05, 0) is 31.5 Å². The van der Waals surface area contributed by atoms with E-state index in [0.29, 0.717) is 12.3 Å². The van der Waals surface area contributed by atoms with Crippen LogP contribution in [-0.2, 0) is 9.59 Å². The number of methoxy groups -OCH3 is 1. The standard InChI is InChI=1S/C17H23N3O3/c1-23-15-7-3-2-6-14(15)20-11-12(9-16(20)21)17(22)19-13-5-4-8-18-10-13/h2-3,6-7,12-13,18H,4-5,8-11H2,1H3,(H,19,22)/t12?,13-/m0/s1. The van der Waals surface area contributed by atoms with Gasteiger partial charge < -0.3 is 20.3 Å². The quantitative estimate of drug-likeness (QED) is 0.866. The third-order valence-corrected chi connectivity index (χ3v) is 4.52. The molecule has 0 aliphatic carbocycles. The fraction of sp³-hybridized carbons (Fsp3) is 0.529. The predicted octanol–water partition coefficient (Wildman–Crippen LogP) is 0.916. The molecule has 2 N–H and O–H groups in total. The van der Waals surface area contributed by atoms with Gasteiger partial charge in [-0.15, -0.1) is 0 Å². The maximum absolute atomic E-state index is 12.4. The van der Waals surface area contributed by atoms with Gasteiger partial charge in [0.15, 0.2) is 0 Å². The molecule has 2 aliphatic heterocycles. The molecule has 2 saturated heterocycles. The van der Waals surface area contributed by atoms with Gasteiger partial charge in [-0.25, -0.2) is 0 Å². The van der Waals surface area contributed by atoms with Gasteiger partial charge >= 0.3 is 0 Å². The van der Waals surface area contributed by atoms with Crippen LogP contribution in [0.25, 0.3) is 0 Å². The number of nitrogens with one attached hydrogen (secondary N) is 2. The number of anilines is 1. The Morgan fingerprint density at radius 1 is 1.39 bits per heavy atom. The minimum atomic E-state index is -0.297. The molecule has 6 heteroatoms. The number of amides is 2. The highest BCUT2D eigenvalue weighted by molar-refractivity contribution is 6.01. The Balaban J connectivity index is 1.66. The van der Waals surface area contributed by atoms with Crippen molar-refractivity contribution in [2.75, 3.05) is 31.6 Å². The zero-order valence-corrected chi connectivity index (χ0v) is 13.4. The average Bonchev–Trinajstić information content (AvgIpc) is 2.97. The topological polar surface area (TPSA) is 70.7 Å². The Morgan fingerprint density at radius 3 is 2.96 bits per heavy atom. The van der Waals surface area contributed by atoms with Crippen molar-refractivity contribution >= 4 is 17.5 Å². The van der Waals surface area contributed by atoms with E-state index in [-0.39, 0.29) is 30.2 Å². The second kappa shape index (κ2) is 7.00. The molecular formula is C17H23N3O3. The number of hydrogen-bond donors (Lipinski definition) is 2. The summed E-state index contributed by atoms with van der Waals surface area (Å²) in [7, 11) is 1.58. The number of rotatable bonds is 4. The minimum absolute atomic E-state index is 0.0237. The van der Waals surface area contributed by atoms with Gasteiger partial charge in [-0.3, -0.25) is 9.59 Å². The van der Waals surface area contributed by atoms with E-state index in [1.807, 2.05) is 24.3 Å². The molecule has 0 radical (unpaired) electrons. The molecule has 1 aromatic rings. The first-order valence-corrected chi connectivity index (χ1v) is 8.13. The van der Waals surface area contributed by atoms with Crippen molar-refractivity contribution in [3.8, 4) is 5.75 Å². The lowest BCUT2D eigenvalue weighted by Gasteiger charge is -2.25. The third kappa shape index (κ3) is 3.47. The first-order valence-electron chi connectivity index (χ1n) is 8.13. The highest BCUT2D eigenvalue weighted by Gasteiger charge is 2.36. The number of para-hydroxylation sites is 2.